The van der Waals surface area contributed by atoms with Crippen LogP contribution in [-0.2, 0) is 0 Å². The second kappa shape index (κ2) is 22.3. The number of rotatable bonds is 5. The maximum absolute atomic E-state index is 6.47. The van der Waals surface area contributed by atoms with Gasteiger partial charge in [-0.2, -0.15) is 0 Å². The number of nitrogen functional groups attached to an aromatic ring is 1. The van der Waals surface area contributed by atoms with Gasteiger partial charge in [0.2, 0.25) is 0 Å². The Bertz CT molecular complexity index is 4910. The van der Waals surface area contributed by atoms with Crippen molar-refractivity contribution in [2.45, 2.75) is 0 Å². The number of aromatic nitrogens is 1. The quantitative estimate of drug-likeness (QED) is 0.149. The van der Waals surface area contributed by atoms with Crippen molar-refractivity contribution in [1.29, 1.82) is 0 Å². The molecule has 0 aliphatic carbocycles. The monoisotopic (exact) mass is 1150 g/mol. The van der Waals surface area contributed by atoms with Crippen molar-refractivity contribution in [2.24, 2.45) is 0 Å². The van der Waals surface area contributed by atoms with Gasteiger partial charge in [-0.05, 0) is 116 Å². The smallest absolute Gasteiger partial charge is 0.159 e. The summed E-state index contributed by atoms with van der Waals surface area (Å²) in [6.45, 7) is 0. The van der Waals surface area contributed by atoms with Gasteiger partial charge in [0, 0.05) is 48.6 Å². The molecule has 16 aromatic rings. The van der Waals surface area contributed by atoms with Crippen LogP contribution in [0, 0.1) is 0 Å². The first-order valence-electron chi connectivity index (χ1n) is 26.4. The first-order chi connectivity index (χ1) is 39.8. The van der Waals surface area contributed by atoms with E-state index < -0.39 is 0 Å². The van der Waals surface area contributed by atoms with Gasteiger partial charge in [0.15, 0.2) is 11.2 Å². The normalized spacial score (nSPS) is 11.2. The van der Waals surface area contributed by atoms with Crippen LogP contribution in [0.2, 0.25) is 10.0 Å². The zero-order chi connectivity index (χ0) is 54.8. The highest BCUT2D eigenvalue weighted by molar-refractivity contribution is 9.10. The van der Waals surface area contributed by atoms with Gasteiger partial charge in [-0.1, -0.05) is 223 Å². The third kappa shape index (κ3) is 10.3. The lowest BCUT2D eigenvalue weighted by Crippen LogP contribution is -1.92. The Kier molecular flexibility index (Phi) is 14.0. The molecule has 12 aromatic carbocycles. The third-order valence-electron chi connectivity index (χ3n) is 14.4. The Morgan fingerprint density at radius 3 is 1.36 bits per heavy atom. The van der Waals surface area contributed by atoms with Crippen LogP contribution >= 0.6 is 39.1 Å². The maximum atomic E-state index is 6.47. The first-order valence-corrected chi connectivity index (χ1v) is 28.0. The molecule has 0 amide bonds. The van der Waals surface area contributed by atoms with Gasteiger partial charge in [-0.25, -0.2) is 0 Å². The lowest BCUT2D eigenvalue weighted by atomic mass is 10.0. The first kappa shape index (κ1) is 51.0. The molecule has 81 heavy (non-hydrogen) atoms. The van der Waals surface area contributed by atoms with E-state index in [9.17, 15) is 0 Å². The largest absolute Gasteiger partial charge is 0.455 e. The van der Waals surface area contributed by atoms with E-state index in [1.165, 1.54) is 27.3 Å². The molecule has 6 nitrogen and oxygen atoms in total. The van der Waals surface area contributed by atoms with E-state index in [0.717, 1.165) is 110 Å². The fourth-order valence-electron chi connectivity index (χ4n) is 10.5. The number of anilines is 3. The second-order valence-corrected chi connectivity index (χ2v) is 21.2. The fraction of sp³-hybridized carbons (Fsp3) is 0. The predicted octanol–water partition coefficient (Wildman–Crippen LogP) is 22.5. The molecule has 0 unspecified atom stereocenters. The molecule has 4 aromatic heterocycles. The van der Waals surface area contributed by atoms with E-state index in [1.807, 2.05) is 158 Å². The summed E-state index contributed by atoms with van der Waals surface area (Å²) >= 11 is 15.8. The summed E-state index contributed by atoms with van der Waals surface area (Å²) in [5, 5.41) is 14.0. The standard InChI is InChI=1S/C24H16ClNO.C24H15NO.C12H7BrO.C12H10ClN/c25-20-14-13-17(16-7-2-1-3-8-16)15-22(20)26-21-11-6-10-19-18-9-4-5-12-23(18)27-24(19)21;1-2-6-15(7-3-1)16-10-11-17-19-12-13-20-18-8-4-5-9-22(18)26-24(20)23(19)25-21(17)14-16;13-10-6-3-5-9-8-4-1-2-7-11(8)14-12(9)10;13-11-7-6-10(8-12(11)14)9-4-2-1-3-5-9/h1-15,26H;1-14,25H;1-7H;1-8H,14H2. The van der Waals surface area contributed by atoms with Crippen LogP contribution in [0.15, 0.2) is 285 Å². The number of aromatic amines is 1. The Morgan fingerprint density at radius 2 is 0.765 bits per heavy atom. The number of nitrogens with one attached hydrogen (secondary N) is 2. The molecule has 4 N–H and O–H groups in total. The zero-order valence-corrected chi connectivity index (χ0v) is 46.4. The highest BCUT2D eigenvalue weighted by Gasteiger charge is 2.16. The number of para-hydroxylation sites is 5. The molecule has 16 rings (SSSR count). The fourth-order valence-corrected chi connectivity index (χ4v) is 11.2. The summed E-state index contributed by atoms with van der Waals surface area (Å²) < 4.78 is 19.0. The van der Waals surface area contributed by atoms with Crippen LogP contribution in [0.5, 0.6) is 0 Å². The van der Waals surface area contributed by atoms with Crippen LogP contribution in [0.1, 0.15) is 0 Å². The lowest BCUT2D eigenvalue weighted by molar-refractivity contribution is 0.667. The summed E-state index contributed by atoms with van der Waals surface area (Å²) in [6.07, 6.45) is 0. The van der Waals surface area contributed by atoms with E-state index in [4.69, 9.17) is 42.2 Å². The van der Waals surface area contributed by atoms with Crippen molar-refractivity contribution in [3.63, 3.8) is 0 Å². The number of fused-ring (bicyclic) bond motifs is 13. The molecule has 0 aliphatic heterocycles. The summed E-state index contributed by atoms with van der Waals surface area (Å²) in [6, 6.07) is 90.0. The summed E-state index contributed by atoms with van der Waals surface area (Å²) in [5.74, 6) is 0. The molecule has 0 aliphatic rings. The molecular weight excluding hydrogens is 1110 g/mol. The Hall–Kier alpha value is -9.50. The van der Waals surface area contributed by atoms with Crippen LogP contribution in [0.4, 0.5) is 17.1 Å². The zero-order valence-electron chi connectivity index (χ0n) is 43.3. The van der Waals surface area contributed by atoms with E-state index >= 15 is 0 Å². The van der Waals surface area contributed by atoms with Crippen molar-refractivity contribution >= 4 is 144 Å². The number of H-pyrrole nitrogens is 1. The van der Waals surface area contributed by atoms with Gasteiger partial charge in [-0.3, -0.25) is 0 Å². The van der Waals surface area contributed by atoms with E-state index in [2.05, 4.69) is 135 Å². The number of hydrogen-bond donors (Lipinski definition) is 3. The van der Waals surface area contributed by atoms with Crippen molar-refractivity contribution in [3.8, 4) is 33.4 Å². The molecule has 9 heteroatoms. The van der Waals surface area contributed by atoms with Crippen LogP contribution < -0.4 is 11.1 Å². The Labute approximate surface area is 484 Å². The number of hydrogen-bond acceptors (Lipinski definition) is 5. The van der Waals surface area contributed by atoms with Crippen molar-refractivity contribution in [1.82, 2.24) is 4.98 Å². The number of halogens is 3. The van der Waals surface area contributed by atoms with Crippen LogP contribution in [0.25, 0.3) is 121 Å². The molecule has 4 heterocycles. The summed E-state index contributed by atoms with van der Waals surface area (Å²) in [4.78, 5) is 3.60. The average molecular weight is 1150 g/mol. The van der Waals surface area contributed by atoms with Crippen molar-refractivity contribution < 1.29 is 13.3 Å². The van der Waals surface area contributed by atoms with Gasteiger partial charge in [0.1, 0.15) is 22.3 Å². The minimum absolute atomic E-state index is 0.602. The summed E-state index contributed by atoms with van der Waals surface area (Å²) in [7, 11) is 0. The van der Waals surface area contributed by atoms with Crippen molar-refractivity contribution in [3.05, 3.63) is 281 Å². The van der Waals surface area contributed by atoms with E-state index in [-0.39, 0.29) is 0 Å². The minimum Gasteiger partial charge on any atom is -0.455 e. The van der Waals surface area contributed by atoms with E-state index in [1.54, 1.807) is 0 Å². The van der Waals surface area contributed by atoms with Crippen molar-refractivity contribution in [2.75, 3.05) is 11.1 Å². The lowest BCUT2D eigenvalue weighted by Gasteiger charge is -2.11. The Morgan fingerprint density at radius 1 is 0.333 bits per heavy atom. The molecule has 0 bridgehead atoms. The molecular formula is C72H48BrCl2N3O3. The van der Waals surface area contributed by atoms with Gasteiger partial charge in [0.25, 0.3) is 0 Å². The SMILES string of the molecule is Brc1cccc2c1oc1ccccc12.Clc1ccc(-c2ccccc2)cc1Nc1cccc2c1oc1ccccc12.Nc1cc(-c2ccccc2)ccc1Cl.c1ccc(-c2ccc3c(c2)[nH]c2c3ccc3c4ccccc4oc32)cc1. The van der Waals surface area contributed by atoms with Gasteiger partial charge in [0.05, 0.1) is 37.1 Å². The van der Waals surface area contributed by atoms with Gasteiger partial charge < -0.3 is 29.3 Å². The molecule has 390 valence electrons. The third-order valence-corrected chi connectivity index (χ3v) is 15.7. The molecule has 0 spiro atoms. The predicted molar refractivity (Wildman–Crippen MR) is 345 cm³/mol. The second-order valence-electron chi connectivity index (χ2n) is 19.5. The van der Waals surface area contributed by atoms with E-state index in [0.29, 0.717) is 15.7 Å². The maximum Gasteiger partial charge on any atom is 0.159 e. The topological polar surface area (TPSA) is 93.3 Å². The summed E-state index contributed by atoms with van der Waals surface area (Å²) in [5.41, 5.74) is 22.7. The van der Waals surface area contributed by atoms with Crippen LogP contribution in [-0.4, -0.2) is 4.98 Å². The highest BCUT2D eigenvalue weighted by Crippen LogP contribution is 2.40. The highest BCUT2D eigenvalue weighted by atomic mass is 79.9. The van der Waals surface area contributed by atoms with Crippen LogP contribution in [0.3, 0.4) is 0 Å². The average Bonchev–Trinajstić information content (AvgIpc) is 4.36. The molecule has 0 radical (unpaired) electrons. The molecule has 0 saturated heterocycles. The number of nitrogens with two attached hydrogens (primary N) is 1. The molecule has 0 atom stereocenters. The molecule has 0 fully saturated rings. The minimum atomic E-state index is 0.602. The molecule has 0 saturated carbocycles. The number of furan rings is 3. The van der Waals surface area contributed by atoms with Gasteiger partial charge >= 0.3 is 0 Å². The number of benzene rings is 12. The Balaban J connectivity index is 0.000000106. The van der Waals surface area contributed by atoms with Gasteiger partial charge in [-0.15, -0.1) is 0 Å².